The first-order valence-corrected chi connectivity index (χ1v) is 8.10. The number of unbranched alkanes of at least 4 members (excludes halogenated alkanes) is 1. The van der Waals surface area contributed by atoms with Crippen LogP contribution in [0.1, 0.15) is 51.9 Å². The molecule has 2 fully saturated rings. The van der Waals surface area contributed by atoms with E-state index in [2.05, 4.69) is 23.3 Å². The molecule has 2 rings (SSSR count). The smallest absolute Gasteiger partial charge is 0.104 e. The molecule has 2 aliphatic rings. The second kappa shape index (κ2) is 7.40. The van der Waals surface area contributed by atoms with Gasteiger partial charge in [0.2, 0.25) is 0 Å². The molecule has 0 amide bonds. The average molecular weight is 279 g/mol. The van der Waals surface area contributed by atoms with Gasteiger partial charge in [0.1, 0.15) is 5.54 Å². The van der Waals surface area contributed by atoms with Gasteiger partial charge in [0.15, 0.2) is 0 Å². The number of nitriles is 1. The predicted molar refractivity (Wildman–Crippen MR) is 80.5 cm³/mol. The minimum atomic E-state index is -0.321. The molecule has 1 unspecified atom stereocenters. The van der Waals surface area contributed by atoms with Crippen LogP contribution in [0.3, 0.4) is 0 Å². The molecule has 1 saturated carbocycles. The SMILES string of the molecule is CN(CCCCC(C)(C#N)NC1CC1)C1CCOCC1. The van der Waals surface area contributed by atoms with Crippen LogP contribution >= 0.6 is 0 Å². The van der Waals surface area contributed by atoms with Crippen molar-refractivity contribution < 1.29 is 4.74 Å². The zero-order valence-electron chi connectivity index (χ0n) is 13.0. The van der Waals surface area contributed by atoms with Crippen LogP contribution < -0.4 is 5.32 Å². The summed E-state index contributed by atoms with van der Waals surface area (Å²) in [6, 6.07) is 3.75. The van der Waals surface area contributed by atoms with Crippen LogP contribution in [0.4, 0.5) is 0 Å². The van der Waals surface area contributed by atoms with Gasteiger partial charge in [-0.2, -0.15) is 5.26 Å². The van der Waals surface area contributed by atoms with E-state index in [1.807, 2.05) is 6.92 Å². The molecule has 114 valence electrons. The van der Waals surface area contributed by atoms with Gasteiger partial charge in [0.25, 0.3) is 0 Å². The third-order valence-electron chi connectivity index (χ3n) is 4.60. The fourth-order valence-corrected chi connectivity index (χ4v) is 2.99. The van der Waals surface area contributed by atoms with Crippen LogP contribution in [-0.2, 0) is 4.74 Å². The van der Waals surface area contributed by atoms with E-state index in [1.165, 1.54) is 19.3 Å². The number of nitrogens with zero attached hydrogens (tertiary/aromatic N) is 2. The van der Waals surface area contributed by atoms with E-state index in [4.69, 9.17) is 4.74 Å². The Morgan fingerprint density at radius 3 is 2.55 bits per heavy atom. The molecule has 1 atom stereocenters. The Labute approximate surface area is 123 Å². The lowest BCUT2D eigenvalue weighted by Crippen LogP contribution is -2.42. The zero-order chi connectivity index (χ0) is 14.4. The van der Waals surface area contributed by atoms with Gasteiger partial charge in [-0.15, -0.1) is 0 Å². The number of nitrogens with one attached hydrogen (secondary N) is 1. The molecule has 4 nitrogen and oxygen atoms in total. The first-order chi connectivity index (χ1) is 9.63. The molecule has 0 aromatic rings. The van der Waals surface area contributed by atoms with E-state index >= 15 is 0 Å². The Balaban J connectivity index is 1.60. The molecule has 0 aromatic heterocycles. The molecule has 1 heterocycles. The summed E-state index contributed by atoms with van der Waals surface area (Å²) < 4.78 is 5.41. The molecule has 0 aromatic carbocycles. The Bertz CT molecular complexity index is 331. The highest BCUT2D eigenvalue weighted by Gasteiger charge is 2.31. The van der Waals surface area contributed by atoms with Crippen molar-refractivity contribution in [2.75, 3.05) is 26.8 Å². The topological polar surface area (TPSA) is 48.3 Å². The molecule has 0 radical (unpaired) electrons. The molecule has 1 saturated heterocycles. The molecule has 1 aliphatic heterocycles. The quantitative estimate of drug-likeness (QED) is 0.693. The maximum absolute atomic E-state index is 9.34. The maximum Gasteiger partial charge on any atom is 0.104 e. The van der Waals surface area contributed by atoms with Crippen molar-refractivity contribution in [1.82, 2.24) is 10.2 Å². The van der Waals surface area contributed by atoms with Crippen molar-refractivity contribution in [2.45, 2.75) is 69.5 Å². The number of ether oxygens (including phenoxy) is 1. The molecule has 1 aliphatic carbocycles. The van der Waals surface area contributed by atoms with Gasteiger partial charge in [0, 0.05) is 25.3 Å². The van der Waals surface area contributed by atoms with E-state index < -0.39 is 0 Å². The summed E-state index contributed by atoms with van der Waals surface area (Å²) in [7, 11) is 2.22. The van der Waals surface area contributed by atoms with Crippen LogP contribution in [0.15, 0.2) is 0 Å². The number of hydrogen-bond acceptors (Lipinski definition) is 4. The normalized spacial score (nSPS) is 23.5. The fraction of sp³-hybridized carbons (Fsp3) is 0.938. The van der Waals surface area contributed by atoms with E-state index in [0.29, 0.717) is 12.1 Å². The van der Waals surface area contributed by atoms with Crippen LogP contribution in [0, 0.1) is 11.3 Å². The Hall–Kier alpha value is -0.630. The molecule has 0 bridgehead atoms. The average Bonchev–Trinajstić information content (AvgIpc) is 3.28. The molecular weight excluding hydrogens is 250 g/mol. The van der Waals surface area contributed by atoms with E-state index in [1.54, 1.807) is 0 Å². The minimum absolute atomic E-state index is 0.321. The van der Waals surface area contributed by atoms with Crippen LogP contribution in [0.25, 0.3) is 0 Å². The van der Waals surface area contributed by atoms with E-state index in [9.17, 15) is 5.26 Å². The zero-order valence-corrected chi connectivity index (χ0v) is 13.0. The maximum atomic E-state index is 9.34. The summed E-state index contributed by atoms with van der Waals surface area (Å²) in [5.74, 6) is 0. The summed E-state index contributed by atoms with van der Waals surface area (Å²) in [5.41, 5.74) is -0.321. The summed E-state index contributed by atoms with van der Waals surface area (Å²) in [6.07, 6.45) is 8.06. The lowest BCUT2D eigenvalue weighted by molar-refractivity contribution is 0.0425. The number of rotatable bonds is 8. The van der Waals surface area contributed by atoms with Gasteiger partial charge in [-0.3, -0.25) is 5.32 Å². The lowest BCUT2D eigenvalue weighted by Gasteiger charge is -2.31. The first kappa shape index (κ1) is 15.8. The summed E-state index contributed by atoms with van der Waals surface area (Å²) in [4.78, 5) is 2.47. The predicted octanol–water partition coefficient (Wildman–Crippen LogP) is 2.30. The molecule has 4 heteroatoms. The van der Waals surface area contributed by atoms with Crippen molar-refractivity contribution in [3.05, 3.63) is 0 Å². The van der Waals surface area contributed by atoms with Gasteiger partial charge in [0.05, 0.1) is 6.07 Å². The summed E-state index contributed by atoms with van der Waals surface area (Å²) in [5, 5.41) is 12.8. The van der Waals surface area contributed by atoms with Crippen molar-refractivity contribution in [3.63, 3.8) is 0 Å². The van der Waals surface area contributed by atoms with Crippen LogP contribution in [-0.4, -0.2) is 49.3 Å². The third-order valence-corrected chi connectivity index (χ3v) is 4.60. The van der Waals surface area contributed by atoms with Crippen molar-refractivity contribution >= 4 is 0 Å². The Morgan fingerprint density at radius 2 is 1.95 bits per heavy atom. The highest BCUT2D eigenvalue weighted by Crippen LogP contribution is 2.25. The monoisotopic (exact) mass is 279 g/mol. The van der Waals surface area contributed by atoms with Crippen molar-refractivity contribution in [3.8, 4) is 6.07 Å². The second-order valence-electron chi connectivity index (χ2n) is 6.64. The molecule has 1 N–H and O–H groups in total. The van der Waals surface area contributed by atoms with Crippen LogP contribution in [0.5, 0.6) is 0 Å². The third kappa shape index (κ3) is 5.05. The Morgan fingerprint density at radius 1 is 1.25 bits per heavy atom. The highest BCUT2D eigenvalue weighted by molar-refractivity contribution is 5.06. The Kier molecular flexibility index (Phi) is 5.83. The molecule has 20 heavy (non-hydrogen) atoms. The van der Waals surface area contributed by atoms with Gasteiger partial charge in [-0.05, 0) is 65.5 Å². The van der Waals surface area contributed by atoms with E-state index in [-0.39, 0.29) is 5.54 Å². The molecular formula is C16H29N3O. The van der Waals surface area contributed by atoms with Crippen LogP contribution in [0.2, 0.25) is 0 Å². The standard InChI is InChI=1S/C16H29N3O/c1-16(13-17,18-14-5-6-14)9-3-4-10-19(2)15-7-11-20-12-8-15/h14-15,18H,3-12H2,1-2H3. The lowest BCUT2D eigenvalue weighted by atomic mass is 9.96. The van der Waals surface area contributed by atoms with Gasteiger partial charge >= 0.3 is 0 Å². The van der Waals surface area contributed by atoms with Gasteiger partial charge in [-0.1, -0.05) is 0 Å². The van der Waals surface area contributed by atoms with Gasteiger partial charge < -0.3 is 9.64 Å². The fourth-order valence-electron chi connectivity index (χ4n) is 2.99. The minimum Gasteiger partial charge on any atom is -0.381 e. The van der Waals surface area contributed by atoms with Crippen molar-refractivity contribution in [2.24, 2.45) is 0 Å². The highest BCUT2D eigenvalue weighted by atomic mass is 16.5. The summed E-state index contributed by atoms with van der Waals surface area (Å²) in [6.45, 7) is 5.00. The summed E-state index contributed by atoms with van der Waals surface area (Å²) >= 11 is 0. The number of hydrogen-bond donors (Lipinski definition) is 1. The second-order valence-corrected chi connectivity index (χ2v) is 6.64. The van der Waals surface area contributed by atoms with Crippen molar-refractivity contribution in [1.29, 1.82) is 5.26 Å². The first-order valence-electron chi connectivity index (χ1n) is 8.10. The largest absolute Gasteiger partial charge is 0.381 e. The van der Waals surface area contributed by atoms with E-state index in [0.717, 1.165) is 45.4 Å². The van der Waals surface area contributed by atoms with Gasteiger partial charge in [-0.25, -0.2) is 0 Å². The molecule has 0 spiro atoms.